The predicted molar refractivity (Wildman–Crippen MR) is 83.9 cm³/mol. The maximum absolute atomic E-state index is 5.69. The Hall–Kier alpha value is -0.930. The number of benzene rings is 1. The van der Waals surface area contributed by atoms with Crippen LogP contribution in [0, 0.1) is 0 Å². The van der Waals surface area contributed by atoms with Crippen LogP contribution in [0.15, 0.2) is 36.9 Å². The third kappa shape index (κ3) is 4.02. The molecule has 0 amide bonds. The van der Waals surface area contributed by atoms with Gasteiger partial charge < -0.3 is 10.1 Å². The molecule has 0 spiro atoms. The quantitative estimate of drug-likeness (QED) is 0.769. The Morgan fingerprint density at radius 3 is 3.05 bits per heavy atom. The van der Waals surface area contributed by atoms with Gasteiger partial charge in [-0.05, 0) is 25.2 Å². The summed E-state index contributed by atoms with van der Waals surface area (Å²) < 4.78 is 5.69. The minimum atomic E-state index is 0.563. The molecule has 0 heterocycles. The molecule has 1 saturated carbocycles. The van der Waals surface area contributed by atoms with Gasteiger partial charge in [0.2, 0.25) is 0 Å². The molecule has 0 aromatic heterocycles. The van der Waals surface area contributed by atoms with E-state index >= 15 is 0 Å². The molecule has 2 nitrogen and oxygen atoms in total. The second-order valence-corrected chi connectivity index (χ2v) is 5.98. The number of hydrogen-bond donors (Lipinski definition) is 1. The number of ether oxygens (including phenoxy) is 1. The van der Waals surface area contributed by atoms with Crippen LogP contribution in [0.2, 0.25) is 0 Å². The van der Waals surface area contributed by atoms with Crippen molar-refractivity contribution < 1.29 is 4.74 Å². The van der Waals surface area contributed by atoms with E-state index in [9.17, 15) is 0 Å². The molecule has 0 aliphatic heterocycles. The molecule has 1 aromatic carbocycles. The molecular formula is C16H23NOS. The zero-order chi connectivity index (χ0) is 13.5. The highest BCUT2D eigenvalue weighted by molar-refractivity contribution is 7.99. The molecule has 104 valence electrons. The van der Waals surface area contributed by atoms with Gasteiger partial charge in [0.05, 0.1) is 0 Å². The summed E-state index contributed by atoms with van der Waals surface area (Å²) in [4.78, 5) is 0. The summed E-state index contributed by atoms with van der Waals surface area (Å²) in [6.45, 7) is 5.14. The number of hydrogen-bond acceptors (Lipinski definition) is 3. The average molecular weight is 277 g/mol. The summed E-state index contributed by atoms with van der Waals surface area (Å²) in [6, 6.07) is 8.89. The van der Waals surface area contributed by atoms with E-state index < -0.39 is 0 Å². The lowest BCUT2D eigenvalue weighted by Gasteiger charge is -2.20. The van der Waals surface area contributed by atoms with Crippen LogP contribution in [0.5, 0.6) is 5.75 Å². The van der Waals surface area contributed by atoms with Crippen molar-refractivity contribution in [3.8, 4) is 5.75 Å². The van der Waals surface area contributed by atoms with Gasteiger partial charge in [0.15, 0.2) is 0 Å². The maximum Gasteiger partial charge on any atom is 0.124 e. The molecule has 0 saturated heterocycles. The van der Waals surface area contributed by atoms with E-state index in [0.717, 1.165) is 17.5 Å². The molecule has 1 aliphatic rings. The maximum atomic E-state index is 5.69. The zero-order valence-corrected chi connectivity index (χ0v) is 12.4. The lowest BCUT2D eigenvalue weighted by atomic mass is 10.1. The summed E-state index contributed by atoms with van der Waals surface area (Å²) >= 11 is 1.99. The Labute approximate surface area is 120 Å². The van der Waals surface area contributed by atoms with Crippen LogP contribution in [-0.2, 0) is 6.54 Å². The highest BCUT2D eigenvalue weighted by Gasteiger charge is 2.25. The van der Waals surface area contributed by atoms with Crippen molar-refractivity contribution in [1.82, 2.24) is 5.32 Å². The Morgan fingerprint density at radius 1 is 1.42 bits per heavy atom. The third-order valence-corrected chi connectivity index (χ3v) is 4.81. The number of thioether (sulfide) groups is 1. The van der Waals surface area contributed by atoms with Crippen molar-refractivity contribution in [2.45, 2.75) is 37.1 Å². The van der Waals surface area contributed by atoms with Gasteiger partial charge in [-0.15, -0.1) is 0 Å². The smallest absolute Gasteiger partial charge is 0.124 e. The van der Waals surface area contributed by atoms with Gasteiger partial charge in [-0.25, -0.2) is 0 Å². The van der Waals surface area contributed by atoms with Crippen LogP contribution in [0.3, 0.4) is 0 Å². The molecule has 2 unspecified atom stereocenters. The van der Waals surface area contributed by atoms with E-state index in [1.165, 1.54) is 24.8 Å². The largest absolute Gasteiger partial charge is 0.489 e. The second-order valence-electron chi connectivity index (χ2n) is 4.90. The molecule has 1 fully saturated rings. The van der Waals surface area contributed by atoms with Crippen molar-refractivity contribution in [3.63, 3.8) is 0 Å². The van der Waals surface area contributed by atoms with Crippen LogP contribution < -0.4 is 10.1 Å². The first-order valence-electron chi connectivity index (χ1n) is 6.93. The van der Waals surface area contributed by atoms with Crippen LogP contribution in [0.1, 0.15) is 24.8 Å². The summed E-state index contributed by atoms with van der Waals surface area (Å²) in [7, 11) is 0. The van der Waals surface area contributed by atoms with Crippen LogP contribution >= 0.6 is 11.8 Å². The van der Waals surface area contributed by atoms with Crippen LogP contribution in [-0.4, -0.2) is 24.2 Å². The van der Waals surface area contributed by atoms with E-state index in [-0.39, 0.29) is 0 Å². The Morgan fingerprint density at radius 2 is 2.26 bits per heavy atom. The SMILES string of the molecule is C=CCOc1ccccc1CNC1CCCC1SC. The fourth-order valence-corrected chi connectivity index (χ4v) is 3.59. The molecule has 1 N–H and O–H groups in total. The standard InChI is InChI=1S/C16H23NOS/c1-3-11-18-15-9-5-4-7-13(15)12-17-14-8-6-10-16(14)19-2/h3-5,7,9,14,16-17H,1,6,8,10-12H2,2H3. The van der Waals surface area contributed by atoms with E-state index in [0.29, 0.717) is 12.6 Å². The molecule has 1 aliphatic carbocycles. The Balaban J connectivity index is 1.93. The second kappa shape index (κ2) is 7.61. The number of para-hydroxylation sites is 1. The van der Waals surface area contributed by atoms with Gasteiger partial charge in [0, 0.05) is 23.4 Å². The molecule has 19 heavy (non-hydrogen) atoms. The lowest BCUT2D eigenvalue weighted by Crippen LogP contribution is -2.33. The molecular weight excluding hydrogens is 254 g/mol. The van der Waals surface area contributed by atoms with Gasteiger partial charge in [0.1, 0.15) is 12.4 Å². The monoisotopic (exact) mass is 277 g/mol. The number of rotatable bonds is 7. The molecule has 3 heteroatoms. The number of nitrogens with one attached hydrogen (secondary N) is 1. The molecule has 2 atom stereocenters. The van der Waals surface area contributed by atoms with Gasteiger partial charge in [0.25, 0.3) is 0 Å². The van der Waals surface area contributed by atoms with Crippen molar-refractivity contribution >= 4 is 11.8 Å². The minimum absolute atomic E-state index is 0.563. The van der Waals surface area contributed by atoms with Gasteiger partial charge in [-0.2, -0.15) is 11.8 Å². The summed E-state index contributed by atoms with van der Waals surface area (Å²) in [6.07, 6.45) is 7.98. The van der Waals surface area contributed by atoms with E-state index in [2.05, 4.69) is 30.3 Å². The van der Waals surface area contributed by atoms with Crippen LogP contribution in [0.4, 0.5) is 0 Å². The van der Waals surface area contributed by atoms with Gasteiger partial charge in [-0.3, -0.25) is 0 Å². The highest BCUT2D eigenvalue weighted by Crippen LogP contribution is 2.29. The normalized spacial score (nSPS) is 22.4. The highest BCUT2D eigenvalue weighted by atomic mass is 32.2. The van der Waals surface area contributed by atoms with Gasteiger partial charge in [-0.1, -0.05) is 37.3 Å². The summed E-state index contributed by atoms with van der Waals surface area (Å²) in [5.41, 5.74) is 1.23. The molecule has 0 radical (unpaired) electrons. The Bertz CT molecular complexity index is 407. The minimum Gasteiger partial charge on any atom is -0.489 e. The van der Waals surface area contributed by atoms with Crippen molar-refractivity contribution in [3.05, 3.63) is 42.5 Å². The first kappa shape index (κ1) is 14.5. The zero-order valence-electron chi connectivity index (χ0n) is 11.6. The van der Waals surface area contributed by atoms with Crippen molar-refractivity contribution in [1.29, 1.82) is 0 Å². The Kier molecular flexibility index (Phi) is 5.80. The fraction of sp³-hybridized carbons (Fsp3) is 0.500. The van der Waals surface area contributed by atoms with E-state index in [4.69, 9.17) is 4.74 Å². The molecule has 0 bridgehead atoms. The summed E-state index contributed by atoms with van der Waals surface area (Å²) in [5, 5.41) is 4.45. The lowest BCUT2D eigenvalue weighted by molar-refractivity contribution is 0.356. The fourth-order valence-electron chi connectivity index (χ4n) is 2.62. The van der Waals surface area contributed by atoms with Crippen LogP contribution in [0.25, 0.3) is 0 Å². The first-order chi connectivity index (χ1) is 9.35. The van der Waals surface area contributed by atoms with Crippen molar-refractivity contribution in [2.75, 3.05) is 12.9 Å². The summed E-state index contributed by atoms with van der Waals surface area (Å²) in [5.74, 6) is 0.966. The topological polar surface area (TPSA) is 21.3 Å². The molecule has 1 aromatic rings. The predicted octanol–water partition coefficient (Wildman–Crippen LogP) is 3.63. The average Bonchev–Trinajstić information content (AvgIpc) is 2.91. The molecule has 2 rings (SSSR count). The van der Waals surface area contributed by atoms with E-state index in [1.807, 2.05) is 23.9 Å². The first-order valence-corrected chi connectivity index (χ1v) is 8.21. The van der Waals surface area contributed by atoms with E-state index in [1.54, 1.807) is 6.08 Å². The van der Waals surface area contributed by atoms with Gasteiger partial charge >= 0.3 is 0 Å². The third-order valence-electron chi connectivity index (χ3n) is 3.64. The van der Waals surface area contributed by atoms with Crippen molar-refractivity contribution in [2.24, 2.45) is 0 Å².